The molecule has 4 N–H and O–H groups in total. The van der Waals surface area contributed by atoms with E-state index in [9.17, 15) is 9.50 Å². The van der Waals surface area contributed by atoms with Crippen molar-refractivity contribution in [2.45, 2.75) is 23.3 Å². The molecule has 1 aliphatic heterocycles. The highest BCUT2D eigenvalue weighted by Crippen LogP contribution is 2.31. The normalized spacial score (nSPS) is 19.2. The zero-order valence-electron chi connectivity index (χ0n) is 9.58. The lowest BCUT2D eigenvalue weighted by Gasteiger charge is -2.32. The molecular weight excluding hydrogens is 239 g/mol. The van der Waals surface area contributed by atoms with Gasteiger partial charge in [-0.3, -0.25) is 0 Å². The first-order valence-corrected chi connectivity index (χ1v) is 6.69. The highest BCUT2D eigenvalue weighted by atomic mass is 32.2. The number of anilines is 1. The van der Waals surface area contributed by atoms with Gasteiger partial charge in [0.15, 0.2) is 0 Å². The van der Waals surface area contributed by atoms with Crippen molar-refractivity contribution in [3.05, 3.63) is 24.0 Å². The summed E-state index contributed by atoms with van der Waals surface area (Å²) in [6.45, 7) is 1.69. The van der Waals surface area contributed by atoms with Gasteiger partial charge in [0, 0.05) is 16.3 Å². The summed E-state index contributed by atoms with van der Waals surface area (Å²) in [5.41, 5.74) is 5.53. The van der Waals surface area contributed by atoms with E-state index in [1.54, 1.807) is 6.07 Å². The highest BCUT2D eigenvalue weighted by Gasteiger charge is 2.29. The van der Waals surface area contributed by atoms with Crippen molar-refractivity contribution in [1.82, 2.24) is 5.32 Å². The number of piperidine rings is 1. The van der Waals surface area contributed by atoms with Crippen LogP contribution in [-0.2, 0) is 0 Å². The lowest BCUT2D eigenvalue weighted by molar-refractivity contribution is 0.0339. The van der Waals surface area contributed by atoms with Gasteiger partial charge in [-0.15, -0.1) is 11.8 Å². The molecule has 1 saturated heterocycles. The van der Waals surface area contributed by atoms with E-state index in [1.165, 1.54) is 23.9 Å². The van der Waals surface area contributed by atoms with E-state index in [2.05, 4.69) is 5.32 Å². The SMILES string of the molecule is Nc1cc(F)ccc1SCC1(O)CCNCC1. The molecule has 1 fully saturated rings. The van der Waals surface area contributed by atoms with Crippen molar-refractivity contribution in [2.24, 2.45) is 0 Å². The van der Waals surface area contributed by atoms with E-state index in [0.717, 1.165) is 30.8 Å². The van der Waals surface area contributed by atoms with Crippen LogP contribution in [0, 0.1) is 5.82 Å². The van der Waals surface area contributed by atoms with Crippen molar-refractivity contribution >= 4 is 17.4 Å². The van der Waals surface area contributed by atoms with Gasteiger partial charge in [-0.1, -0.05) is 0 Å². The molecule has 0 aromatic heterocycles. The van der Waals surface area contributed by atoms with Gasteiger partial charge in [0.05, 0.1) is 5.60 Å². The Labute approximate surface area is 105 Å². The predicted molar refractivity (Wildman–Crippen MR) is 68.6 cm³/mol. The van der Waals surface area contributed by atoms with Gasteiger partial charge in [-0.05, 0) is 44.1 Å². The number of aliphatic hydroxyl groups is 1. The van der Waals surface area contributed by atoms with Crippen LogP contribution in [0.1, 0.15) is 12.8 Å². The molecular formula is C12H17FN2OS. The van der Waals surface area contributed by atoms with E-state index in [0.29, 0.717) is 11.4 Å². The minimum absolute atomic E-state index is 0.326. The Morgan fingerprint density at radius 2 is 2.12 bits per heavy atom. The largest absolute Gasteiger partial charge is 0.398 e. The lowest BCUT2D eigenvalue weighted by atomic mass is 9.95. The molecule has 0 amide bonds. The van der Waals surface area contributed by atoms with Crippen LogP contribution >= 0.6 is 11.8 Å². The number of hydrogen-bond acceptors (Lipinski definition) is 4. The minimum Gasteiger partial charge on any atom is -0.398 e. The average Bonchev–Trinajstić information content (AvgIpc) is 2.29. The second kappa shape index (κ2) is 5.25. The molecule has 1 aromatic carbocycles. The van der Waals surface area contributed by atoms with Crippen molar-refractivity contribution in [2.75, 3.05) is 24.6 Å². The number of rotatable bonds is 3. The third kappa shape index (κ3) is 3.34. The number of benzene rings is 1. The molecule has 94 valence electrons. The van der Waals surface area contributed by atoms with Crippen LogP contribution in [0.25, 0.3) is 0 Å². The van der Waals surface area contributed by atoms with E-state index in [1.807, 2.05) is 0 Å². The van der Waals surface area contributed by atoms with Gasteiger partial charge in [0.25, 0.3) is 0 Å². The number of halogens is 1. The number of nitrogens with two attached hydrogens (primary N) is 1. The Bertz CT molecular complexity index is 394. The zero-order chi connectivity index (χ0) is 12.3. The lowest BCUT2D eigenvalue weighted by Crippen LogP contribution is -2.43. The molecule has 0 atom stereocenters. The molecule has 3 nitrogen and oxygen atoms in total. The number of thioether (sulfide) groups is 1. The van der Waals surface area contributed by atoms with Gasteiger partial charge < -0.3 is 16.2 Å². The van der Waals surface area contributed by atoms with Crippen LogP contribution in [0.5, 0.6) is 0 Å². The molecule has 1 heterocycles. The first-order valence-electron chi connectivity index (χ1n) is 5.70. The monoisotopic (exact) mass is 256 g/mol. The van der Waals surface area contributed by atoms with Crippen LogP contribution in [0.2, 0.25) is 0 Å². The maximum atomic E-state index is 12.9. The maximum absolute atomic E-state index is 12.9. The molecule has 1 aliphatic rings. The Balaban J connectivity index is 1.97. The molecule has 0 saturated carbocycles. The summed E-state index contributed by atoms with van der Waals surface area (Å²) in [5, 5.41) is 13.5. The minimum atomic E-state index is -0.628. The Kier molecular flexibility index (Phi) is 3.91. The maximum Gasteiger partial charge on any atom is 0.125 e. The van der Waals surface area contributed by atoms with E-state index in [4.69, 9.17) is 5.73 Å². The molecule has 0 aliphatic carbocycles. The zero-order valence-corrected chi connectivity index (χ0v) is 10.4. The second-order valence-electron chi connectivity index (χ2n) is 4.45. The summed E-state index contributed by atoms with van der Waals surface area (Å²) < 4.78 is 12.9. The van der Waals surface area contributed by atoms with Crippen LogP contribution in [0.15, 0.2) is 23.1 Å². The van der Waals surface area contributed by atoms with Gasteiger partial charge >= 0.3 is 0 Å². The van der Waals surface area contributed by atoms with Gasteiger partial charge in [0.1, 0.15) is 5.82 Å². The standard InChI is InChI=1S/C12H17FN2OS/c13-9-1-2-11(10(14)7-9)17-8-12(16)3-5-15-6-4-12/h1-2,7,15-16H,3-6,8,14H2. The molecule has 2 rings (SSSR count). The van der Waals surface area contributed by atoms with E-state index in [-0.39, 0.29) is 5.82 Å². The van der Waals surface area contributed by atoms with Crippen molar-refractivity contribution in [3.8, 4) is 0 Å². The molecule has 0 spiro atoms. The fraction of sp³-hybridized carbons (Fsp3) is 0.500. The summed E-state index contributed by atoms with van der Waals surface area (Å²) in [4.78, 5) is 0.832. The molecule has 0 bridgehead atoms. The predicted octanol–water partition coefficient (Wildman–Crippen LogP) is 1.61. The van der Waals surface area contributed by atoms with Gasteiger partial charge in [0.2, 0.25) is 0 Å². The fourth-order valence-corrected chi connectivity index (χ4v) is 3.00. The molecule has 0 radical (unpaired) electrons. The average molecular weight is 256 g/mol. The van der Waals surface area contributed by atoms with E-state index < -0.39 is 5.60 Å². The van der Waals surface area contributed by atoms with Crippen molar-refractivity contribution in [3.63, 3.8) is 0 Å². The van der Waals surface area contributed by atoms with Crippen molar-refractivity contribution < 1.29 is 9.50 Å². The summed E-state index contributed by atoms with van der Waals surface area (Å²) in [6, 6.07) is 4.37. The van der Waals surface area contributed by atoms with Crippen LogP contribution in [0.4, 0.5) is 10.1 Å². The molecule has 5 heteroatoms. The number of nitrogen functional groups attached to an aromatic ring is 1. The Morgan fingerprint density at radius 1 is 1.41 bits per heavy atom. The first-order chi connectivity index (χ1) is 8.09. The highest BCUT2D eigenvalue weighted by molar-refractivity contribution is 7.99. The molecule has 0 unspecified atom stereocenters. The topological polar surface area (TPSA) is 58.3 Å². The molecule has 1 aromatic rings. The number of nitrogens with one attached hydrogen (secondary N) is 1. The van der Waals surface area contributed by atoms with E-state index >= 15 is 0 Å². The summed E-state index contributed by atoms with van der Waals surface area (Å²) in [6.07, 6.45) is 1.50. The third-order valence-electron chi connectivity index (χ3n) is 3.00. The number of hydrogen-bond donors (Lipinski definition) is 3. The van der Waals surface area contributed by atoms with Crippen molar-refractivity contribution in [1.29, 1.82) is 0 Å². The van der Waals surface area contributed by atoms with Gasteiger partial charge in [-0.25, -0.2) is 4.39 Å². The van der Waals surface area contributed by atoms with Crippen LogP contribution in [0.3, 0.4) is 0 Å². The first kappa shape index (κ1) is 12.7. The quantitative estimate of drug-likeness (QED) is 0.568. The Hall–Kier alpha value is -0.780. The summed E-state index contributed by atoms with van der Waals surface area (Å²) >= 11 is 1.49. The molecule has 17 heavy (non-hydrogen) atoms. The summed E-state index contributed by atoms with van der Waals surface area (Å²) in [5.74, 6) is 0.275. The smallest absolute Gasteiger partial charge is 0.125 e. The third-order valence-corrected chi connectivity index (χ3v) is 4.37. The van der Waals surface area contributed by atoms with Gasteiger partial charge in [-0.2, -0.15) is 0 Å². The van der Waals surface area contributed by atoms with Crippen LogP contribution in [-0.4, -0.2) is 29.5 Å². The van der Waals surface area contributed by atoms with Crippen LogP contribution < -0.4 is 11.1 Å². The Morgan fingerprint density at radius 3 is 2.76 bits per heavy atom. The summed E-state index contributed by atoms with van der Waals surface area (Å²) in [7, 11) is 0. The fourth-order valence-electron chi connectivity index (χ4n) is 1.90. The second-order valence-corrected chi connectivity index (χ2v) is 5.46.